The first-order chi connectivity index (χ1) is 11.1. The predicted molar refractivity (Wildman–Crippen MR) is 89.7 cm³/mol. The summed E-state index contributed by atoms with van der Waals surface area (Å²) < 4.78 is 0. The highest BCUT2D eigenvalue weighted by Gasteiger charge is 2.35. The summed E-state index contributed by atoms with van der Waals surface area (Å²) in [6.45, 7) is 4.70. The van der Waals surface area contributed by atoms with Gasteiger partial charge >= 0.3 is 0 Å². The van der Waals surface area contributed by atoms with Gasteiger partial charge in [-0.25, -0.2) is 0 Å². The molecule has 1 aliphatic rings. The summed E-state index contributed by atoms with van der Waals surface area (Å²) in [5.74, 6) is -0.00111. The van der Waals surface area contributed by atoms with Gasteiger partial charge in [-0.15, -0.1) is 0 Å². The summed E-state index contributed by atoms with van der Waals surface area (Å²) in [7, 11) is 1.91. The van der Waals surface area contributed by atoms with Gasteiger partial charge in [0.2, 0.25) is 0 Å². The van der Waals surface area contributed by atoms with Crippen molar-refractivity contribution in [2.24, 2.45) is 0 Å². The molecule has 1 amide bonds. The summed E-state index contributed by atoms with van der Waals surface area (Å²) in [5, 5.41) is 1.83. The van der Waals surface area contributed by atoms with Crippen LogP contribution in [-0.4, -0.2) is 35.5 Å². The molecule has 0 unspecified atom stereocenters. The van der Waals surface area contributed by atoms with Crippen LogP contribution >= 0.6 is 0 Å². The molecule has 120 valence electrons. The molecule has 0 saturated carbocycles. The maximum absolute atomic E-state index is 13.0. The minimum Gasteiger partial charge on any atom is -0.306 e. The Labute approximate surface area is 137 Å². The highest BCUT2D eigenvalue weighted by atomic mass is 16.7. The first-order valence-corrected chi connectivity index (χ1v) is 7.88. The highest BCUT2D eigenvalue weighted by molar-refractivity contribution is 5.94. The third-order valence-electron chi connectivity index (χ3n) is 4.27. The van der Waals surface area contributed by atoms with Crippen LogP contribution < -0.4 is 0 Å². The Morgan fingerprint density at radius 1 is 1.09 bits per heavy atom. The van der Waals surface area contributed by atoms with Gasteiger partial charge in [-0.3, -0.25) is 9.63 Å². The quantitative estimate of drug-likeness (QED) is 0.852. The van der Waals surface area contributed by atoms with E-state index in [0.29, 0.717) is 12.1 Å². The number of carbonyl (C=O) groups is 1. The fourth-order valence-electron chi connectivity index (χ4n) is 2.72. The largest absolute Gasteiger partial charge is 0.306 e. The molecule has 4 nitrogen and oxygen atoms in total. The first-order valence-electron chi connectivity index (χ1n) is 7.88. The van der Waals surface area contributed by atoms with Gasteiger partial charge in [0, 0.05) is 30.8 Å². The van der Waals surface area contributed by atoms with Crippen LogP contribution in [0, 0.1) is 6.92 Å². The standard InChI is InChI=1S/C19H22N2O2/c1-14-9-11-16(12-10-14)18(22)21-13-15(2)20(3)23-19(21)17-7-5-4-6-8-17/h4-12,15,19H,13H2,1-3H3/t15-,19-/m1/s1. The number of likely N-dealkylation sites (N-methyl/N-ethyl adjacent to an activating group) is 1. The lowest BCUT2D eigenvalue weighted by atomic mass is 10.1. The average molecular weight is 310 g/mol. The second-order valence-electron chi connectivity index (χ2n) is 6.09. The summed E-state index contributed by atoms with van der Waals surface area (Å²) in [6, 6.07) is 17.7. The van der Waals surface area contributed by atoms with Crippen LogP contribution in [0.1, 0.15) is 34.6 Å². The molecule has 1 fully saturated rings. The lowest BCUT2D eigenvalue weighted by Gasteiger charge is -2.43. The van der Waals surface area contributed by atoms with Gasteiger partial charge in [-0.05, 0) is 26.0 Å². The van der Waals surface area contributed by atoms with E-state index in [9.17, 15) is 4.79 Å². The Hall–Kier alpha value is -2.17. The van der Waals surface area contributed by atoms with Crippen LogP contribution in [0.25, 0.3) is 0 Å². The van der Waals surface area contributed by atoms with Crippen molar-refractivity contribution in [2.45, 2.75) is 26.1 Å². The number of amides is 1. The summed E-state index contributed by atoms with van der Waals surface area (Å²) in [5.41, 5.74) is 2.81. The number of hydrogen-bond donors (Lipinski definition) is 0. The molecular formula is C19H22N2O2. The van der Waals surface area contributed by atoms with Gasteiger partial charge in [-0.2, -0.15) is 5.06 Å². The molecule has 23 heavy (non-hydrogen) atoms. The smallest absolute Gasteiger partial charge is 0.256 e. The van der Waals surface area contributed by atoms with Crippen molar-refractivity contribution >= 4 is 5.91 Å². The average Bonchev–Trinajstić information content (AvgIpc) is 2.58. The van der Waals surface area contributed by atoms with Gasteiger partial charge in [-0.1, -0.05) is 48.0 Å². The molecule has 0 aromatic heterocycles. The maximum Gasteiger partial charge on any atom is 0.256 e. The normalized spacial score (nSPS) is 22.1. The summed E-state index contributed by atoms with van der Waals surface area (Å²) >= 11 is 0. The molecule has 0 bridgehead atoms. The molecule has 2 aromatic carbocycles. The molecule has 1 heterocycles. The van der Waals surface area contributed by atoms with Crippen LogP contribution in [0.3, 0.4) is 0 Å². The number of rotatable bonds is 2. The molecule has 0 radical (unpaired) electrons. The SMILES string of the molecule is Cc1ccc(C(=O)N2C[C@@H](C)N(C)O[C@@H]2c2ccccc2)cc1. The second kappa shape index (κ2) is 6.52. The number of nitrogens with zero attached hydrogens (tertiary/aromatic N) is 2. The molecule has 2 atom stereocenters. The van der Waals surface area contributed by atoms with E-state index < -0.39 is 6.23 Å². The number of carbonyl (C=O) groups excluding carboxylic acids is 1. The molecule has 0 N–H and O–H groups in total. The van der Waals surface area contributed by atoms with Crippen molar-refractivity contribution in [3.8, 4) is 0 Å². The molecule has 1 aliphatic heterocycles. The Morgan fingerprint density at radius 3 is 2.39 bits per heavy atom. The predicted octanol–water partition coefficient (Wildman–Crippen LogP) is 3.40. The van der Waals surface area contributed by atoms with Gasteiger partial charge < -0.3 is 4.90 Å². The topological polar surface area (TPSA) is 32.8 Å². The molecular weight excluding hydrogens is 288 g/mol. The van der Waals surface area contributed by atoms with Crippen LogP contribution in [0.5, 0.6) is 0 Å². The minimum atomic E-state index is -0.397. The van der Waals surface area contributed by atoms with Crippen LogP contribution in [0.15, 0.2) is 54.6 Å². The van der Waals surface area contributed by atoms with Gasteiger partial charge in [0.15, 0.2) is 6.23 Å². The van der Waals surface area contributed by atoms with E-state index in [-0.39, 0.29) is 11.9 Å². The van der Waals surface area contributed by atoms with Crippen molar-refractivity contribution in [3.63, 3.8) is 0 Å². The van der Waals surface area contributed by atoms with E-state index in [1.165, 1.54) is 0 Å². The maximum atomic E-state index is 13.0. The lowest BCUT2D eigenvalue weighted by Crippen LogP contribution is -2.52. The fourth-order valence-corrected chi connectivity index (χ4v) is 2.72. The molecule has 0 aliphatic carbocycles. The fraction of sp³-hybridized carbons (Fsp3) is 0.316. The van der Waals surface area contributed by atoms with Gasteiger partial charge in [0.1, 0.15) is 0 Å². The second-order valence-corrected chi connectivity index (χ2v) is 6.09. The molecule has 4 heteroatoms. The molecule has 2 aromatic rings. The Morgan fingerprint density at radius 2 is 1.74 bits per heavy atom. The molecule has 1 saturated heterocycles. The minimum absolute atomic E-state index is 0.00111. The summed E-state index contributed by atoms with van der Waals surface area (Å²) in [6.07, 6.45) is -0.397. The Kier molecular flexibility index (Phi) is 4.46. The third-order valence-corrected chi connectivity index (χ3v) is 4.27. The monoisotopic (exact) mass is 310 g/mol. The zero-order valence-electron chi connectivity index (χ0n) is 13.8. The van der Waals surface area contributed by atoms with Gasteiger partial charge in [0.05, 0.1) is 0 Å². The summed E-state index contributed by atoms with van der Waals surface area (Å²) in [4.78, 5) is 20.8. The number of hydrogen-bond acceptors (Lipinski definition) is 3. The number of benzene rings is 2. The number of hydroxylamine groups is 2. The van der Waals surface area contributed by atoms with Crippen LogP contribution in [0.2, 0.25) is 0 Å². The van der Waals surface area contributed by atoms with E-state index in [1.54, 1.807) is 0 Å². The zero-order chi connectivity index (χ0) is 16.4. The van der Waals surface area contributed by atoms with E-state index >= 15 is 0 Å². The molecule has 0 spiro atoms. The molecule has 3 rings (SSSR count). The van der Waals surface area contributed by atoms with Crippen molar-refractivity contribution in [2.75, 3.05) is 13.6 Å². The van der Waals surface area contributed by atoms with E-state index in [2.05, 4.69) is 6.92 Å². The van der Waals surface area contributed by atoms with Crippen molar-refractivity contribution in [1.82, 2.24) is 9.96 Å². The van der Waals surface area contributed by atoms with Crippen molar-refractivity contribution in [3.05, 3.63) is 71.3 Å². The van der Waals surface area contributed by atoms with Crippen molar-refractivity contribution in [1.29, 1.82) is 0 Å². The zero-order valence-corrected chi connectivity index (χ0v) is 13.8. The van der Waals surface area contributed by atoms with Gasteiger partial charge in [0.25, 0.3) is 5.91 Å². The van der Waals surface area contributed by atoms with Crippen LogP contribution in [-0.2, 0) is 4.84 Å². The highest BCUT2D eigenvalue weighted by Crippen LogP contribution is 2.30. The van der Waals surface area contributed by atoms with Crippen LogP contribution in [0.4, 0.5) is 0 Å². The first kappa shape index (κ1) is 15.7. The third kappa shape index (κ3) is 3.28. The van der Waals surface area contributed by atoms with E-state index in [0.717, 1.165) is 11.1 Å². The lowest BCUT2D eigenvalue weighted by molar-refractivity contribution is -0.273. The Bertz CT molecular complexity index is 670. The Balaban J connectivity index is 1.92. The van der Waals surface area contributed by atoms with E-state index in [1.807, 2.05) is 78.5 Å². The van der Waals surface area contributed by atoms with E-state index in [4.69, 9.17) is 4.84 Å². The van der Waals surface area contributed by atoms with Crippen molar-refractivity contribution < 1.29 is 9.63 Å². The number of aryl methyl sites for hydroxylation is 1.